The molecule has 0 radical (unpaired) electrons. The Labute approximate surface area is 135 Å². The molecule has 0 aromatic heterocycles. The molecule has 0 spiro atoms. The van der Waals surface area contributed by atoms with Gasteiger partial charge in [0.2, 0.25) is 5.91 Å². The molecule has 0 heterocycles. The van der Waals surface area contributed by atoms with Crippen LogP contribution in [0.5, 0.6) is 0 Å². The molecule has 0 aliphatic rings. The van der Waals surface area contributed by atoms with E-state index in [2.05, 4.69) is 5.32 Å². The predicted molar refractivity (Wildman–Crippen MR) is 87.2 cm³/mol. The van der Waals surface area contributed by atoms with Crippen LogP contribution in [0.25, 0.3) is 0 Å². The van der Waals surface area contributed by atoms with Crippen LogP contribution in [0.1, 0.15) is 18.1 Å². The highest BCUT2D eigenvalue weighted by Gasteiger charge is 2.36. The average Bonchev–Trinajstić information content (AvgIpc) is 2.59. The van der Waals surface area contributed by atoms with E-state index >= 15 is 0 Å². The number of hydrogen-bond acceptors (Lipinski definition) is 3. The Morgan fingerprint density at radius 1 is 1.04 bits per heavy atom. The molecule has 0 aliphatic carbocycles. The summed E-state index contributed by atoms with van der Waals surface area (Å²) in [6, 6.07) is 18.7. The number of nitrogens with one attached hydrogen (secondary N) is 1. The van der Waals surface area contributed by atoms with Gasteiger partial charge < -0.3 is 15.8 Å². The third-order valence-corrected chi connectivity index (χ3v) is 3.55. The fourth-order valence-electron chi connectivity index (χ4n) is 2.17. The van der Waals surface area contributed by atoms with E-state index in [0.717, 1.165) is 5.56 Å². The minimum Gasteiger partial charge on any atom is -0.368 e. The largest absolute Gasteiger partial charge is 0.368 e. The molecule has 0 bridgehead atoms. The standard InChI is InChI=1S/C18H20N2O3/c1-18(15-10-6-3-7-11-15,17(22)20-12-16(19)21)23-13-14-8-4-2-5-9-14/h2-11H,12-13H2,1H3,(H2,19,21)(H,20,22)/t18-/m1/s1. The third kappa shape index (κ3) is 4.40. The first-order valence-electron chi connectivity index (χ1n) is 7.32. The molecule has 23 heavy (non-hydrogen) atoms. The van der Waals surface area contributed by atoms with Gasteiger partial charge in [0.1, 0.15) is 0 Å². The maximum atomic E-state index is 12.5. The number of hydrogen-bond donors (Lipinski definition) is 2. The van der Waals surface area contributed by atoms with Crippen LogP contribution >= 0.6 is 0 Å². The monoisotopic (exact) mass is 312 g/mol. The number of benzene rings is 2. The number of carbonyl (C=O) groups is 2. The molecule has 2 rings (SSSR count). The SMILES string of the molecule is C[C@](OCc1ccccc1)(C(=O)NCC(N)=O)c1ccccc1. The molecular weight excluding hydrogens is 292 g/mol. The molecule has 5 heteroatoms. The van der Waals surface area contributed by atoms with E-state index in [4.69, 9.17) is 10.5 Å². The molecule has 0 fully saturated rings. The Bertz CT molecular complexity index is 658. The summed E-state index contributed by atoms with van der Waals surface area (Å²) in [5, 5.41) is 2.52. The van der Waals surface area contributed by atoms with E-state index in [0.29, 0.717) is 5.56 Å². The number of amides is 2. The van der Waals surface area contributed by atoms with Crippen LogP contribution in [-0.4, -0.2) is 18.4 Å². The van der Waals surface area contributed by atoms with Crippen LogP contribution in [-0.2, 0) is 26.5 Å². The Kier molecular flexibility index (Phi) is 5.49. The summed E-state index contributed by atoms with van der Waals surface area (Å²) in [5.41, 5.74) is 5.54. The van der Waals surface area contributed by atoms with Crippen LogP contribution in [0.15, 0.2) is 60.7 Å². The van der Waals surface area contributed by atoms with Gasteiger partial charge in [-0.25, -0.2) is 0 Å². The first-order valence-corrected chi connectivity index (χ1v) is 7.32. The molecule has 5 nitrogen and oxygen atoms in total. The summed E-state index contributed by atoms with van der Waals surface area (Å²) in [4.78, 5) is 23.5. The van der Waals surface area contributed by atoms with Crippen molar-refractivity contribution in [3.05, 3.63) is 71.8 Å². The lowest BCUT2D eigenvalue weighted by atomic mass is 9.94. The highest BCUT2D eigenvalue weighted by atomic mass is 16.5. The minimum atomic E-state index is -1.22. The van der Waals surface area contributed by atoms with Crippen molar-refractivity contribution in [2.45, 2.75) is 19.1 Å². The van der Waals surface area contributed by atoms with Crippen molar-refractivity contribution in [2.24, 2.45) is 5.73 Å². The lowest BCUT2D eigenvalue weighted by molar-refractivity contribution is -0.149. The Balaban J connectivity index is 2.20. The third-order valence-electron chi connectivity index (χ3n) is 3.55. The fourth-order valence-corrected chi connectivity index (χ4v) is 2.17. The second kappa shape index (κ2) is 7.56. The number of nitrogens with two attached hydrogens (primary N) is 1. The van der Waals surface area contributed by atoms with Crippen LogP contribution in [0.4, 0.5) is 0 Å². The van der Waals surface area contributed by atoms with Gasteiger partial charge in [-0.1, -0.05) is 60.7 Å². The maximum Gasteiger partial charge on any atom is 0.257 e. The number of ether oxygens (including phenoxy) is 1. The van der Waals surface area contributed by atoms with E-state index in [9.17, 15) is 9.59 Å². The summed E-state index contributed by atoms with van der Waals surface area (Å²) in [7, 11) is 0. The number of carbonyl (C=O) groups excluding carboxylic acids is 2. The van der Waals surface area contributed by atoms with Gasteiger partial charge in [0, 0.05) is 0 Å². The van der Waals surface area contributed by atoms with Crippen LogP contribution < -0.4 is 11.1 Å². The fraction of sp³-hybridized carbons (Fsp3) is 0.222. The predicted octanol–water partition coefficient (Wildman–Crippen LogP) is 1.72. The Morgan fingerprint density at radius 3 is 2.17 bits per heavy atom. The van der Waals surface area contributed by atoms with E-state index in [1.165, 1.54) is 0 Å². The zero-order valence-corrected chi connectivity index (χ0v) is 13.0. The molecular formula is C18H20N2O3. The first kappa shape index (κ1) is 16.7. The van der Waals surface area contributed by atoms with Crippen molar-refractivity contribution in [3.63, 3.8) is 0 Å². The molecule has 3 N–H and O–H groups in total. The second-order valence-corrected chi connectivity index (χ2v) is 5.32. The maximum absolute atomic E-state index is 12.5. The van der Waals surface area contributed by atoms with Gasteiger partial charge in [0.15, 0.2) is 5.60 Å². The highest BCUT2D eigenvalue weighted by Crippen LogP contribution is 2.27. The summed E-state index contributed by atoms with van der Waals surface area (Å²) in [6.07, 6.45) is 0. The van der Waals surface area contributed by atoms with Crippen molar-refractivity contribution in [2.75, 3.05) is 6.54 Å². The summed E-state index contributed by atoms with van der Waals surface area (Å²) in [6.45, 7) is 1.73. The Morgan fingerprint density at radius 2 is 1.61 bits per heavy atom. The van der Waals surface area contributed by atoms with Gasteiger partial charge in [-0.2, -0.15) is 0 Å². The Hall–Kier alpha value is -2.66. The molecule has 0 saturated heterocycles. The molecule has 2 aromatic rings. The van der Waals surface area contributed by atoms with Crippen molar-refractivity contribution in [3.8, 4) is 0 Å². The van der Waals surface area contributed by atoms with Crippen LogP contribution in [0, 0.1) is 0 Å². The van der Waals surface area contributed by atoms with E-state index in [1.54, 1.807) is 6.92 Å². The summed E-state index contributed by atoms with van der Waals surface area (Å²) < 4.78 is 5.93. The van der Waals surface area contributed by atoms with Crippen LogP contribution in [0.3, 0.4) is 0 Å². The van der Waals surface area contributed by atoms with E-state index in [1.807, 2.05) is 60.7 Å². The highest BCUT2D eigenvalue weighted by molar-refractivity contribution is 5.89. The molecule has 0 unspecified atom stereocenters. The first-order chi connectivity index (χ1) is 11.0. The lowest BCUT2D eigenvalue weighted by Crippen LogP contribution is -2.46. The lowest BCUT2D eigenvalue weighted by Gasteiger charge is -2.29. The summed E-state index contributed by atoms with van der Waals surface area (Å²) >= 11 is 0. The van der Waals surface area contributed by atoms with Crippen LogP contribution in [0.2, 0.25) is 0 Å². The second-order valence-electron chi connectivity index (χ2n) is 5.32. The average molecular weight is 312 g/mol. The topological polar surface area (TPSA) is 81.4 Å². The molecule has 2 amide bonds. The van der Waals surface area contributed by atoms with Gasteiger partial charge in [0.05, 0.1) is 13.2 Å². The van der Waals surface area contributed by atoms with Gasteiger partial charge in [0.25, 0.3) is 5.91 Å². The quantitative estimate of drug-likeness (QED) is 0.817. The van der Waals surface area contributed by atoms with E-state index < -0.39 is 17.4 Å². The zero-order chi connectivity index (χ0) is 16.7. The molecule has 2 aromatic carbocycles. The number of rotatable bonds is 7. The van der Waals surface area contributed by atoms with Crippen molar-refractivity contribution in [1.82, 2.24) is 5.32 Å². The van der Waals surface area contributed by atoms with Crippen molar-refractivity contribution in [1.29, 1.82) is 0 Å². The van der Waals surface area contributed by atoms with Crippen molar-refractivity contribution < 1.29 is 14.3 Å². The molecule has 1 atom stereocenters. The van der Waals surface area contributed by atoms with Gasteiger partial charge in [-0.3, -0.25) is 9.59 Å². The molecule has 120 valence electrons. The smallest absolute Gasteiger partial charge is 0.257 e. The summed E-state index contributed by atoms with van der Waals surface area (Å²) in [5.74, 6) is -1.00. The van der Waals surface area contributed by atoms with Gasteiger partial charge in [-0.05, 0) is 18.1 Å². The molecule has 0 saturated carbocycles. The van der Waals surface area contributed by atoms with Crippen molar-refractivity contribution >= 4 is 11.8 Å². The zero-order valence-electron chi connectivity index (χ0n) is 13.0. The minimum absolute atomic E-state index is 0.226. The van der Waals surface area contributed by atoms with Gasteiger partial charge in [-0.15, -0.1) is 0 Å². The van der Waals surface area contributed by atoms with E-state index in [-0.39, 0.29) is 13.2 Å². The normalized spacial score (nSPS) is 13.1. The molecule has 0 aliphatic heterocycles. The van der Waals surface area contributed by atoms with Gasteiger partial charge >= 0.3 is 0 Å². The number of primary amides is 1.